The zero-order valence-corrected chi connectivity index (χ0v) is 20.1. The molecule has 0 atom stereocenters. The van der Waals surface area contributed by atoms with Gasteiger partial charge >= 0.3 is 164 Å². The molecule has 0 spiro atoms. The molecule has 0 saturated heterocycles. The third-order valence-corrected chi connectivity index (χ3v) is 17.8. The van der Waals surface area contributed by atoms with Gasteiger partial charge < -0.3 is 0 Å². The molecule has 0 rings (SSSR count). The average molecular weight is 382 g/mol. The molecule has 0 unspecified atom stereocenters. The van der Waals surface area contributed by atoms with E-state index in [1.54, 1.807) is 4.67 Å². The Morgan fingerprint density at radius 3 is 1.31 bits per heavy atom. The van der Waals surface area contributed by atoms with Crippen LogP contribution in [0.2, 0.25) is 0 Å². The first-order chi connectivity index (χ1) is 11.7. The predicted octanol–water partition coefficient (Wildman–Crippen LogP) is 7.47. The maximum absolute atomic E-state index is 10.1. The standard InChI is InChI=1S/C22H44N3P/c1-11-12-13-14-15-16-17-26(20(2,3)4,21(5,6)7,22(8,9)10)25(18-23)19-24/h11-17H2,1-10H3. The van der Waals surface area contributed by atoms with Gasteiger partial charge in [-0.25, -0.2) is 0 Å². The van der Waals surface area contributed by atoms with Crippen LogP contribution in [0.25, 0.3) is 0 Å². The number of hydrogen-bond acceptors (Lipinski definition) is 3. The number of rotatable bonds is 8. The van der Waals surface area contributed by atoms with Crippen molar-refractivity contribution in [2.75, 3.05) is 6.16 Å². The van der Waals surface area contributed by atoms with E-state index in [0.29, 0.717) is 0 Å². The summed E-state index contributed by atoms with van der Waals surface area (Å²) in [4.78, 5) is 0. The van der Waals surface area contributed by atoms with Gasteiger partial charge in [-0.2, -0.15) is 0 Å². The molecule has 0 aliphatic rings. The zero-order valence-electron chi connectivity index (χ0n) is 19.2. The first-order valence-electron chi connectivity index (χ1n) is 10.3. The second kappa shape index (κ2) is 8.48. The Morgan fingerprint density at radius 1 is 0.654 bits per heavy atom. The van der Waals surface area contributed by atoms with Crippen molar-refractivity contribution >= 4 is 6.75 Å². The fourth-order valence-corrected chi connectivity index (χ4v) is 17.7. The second-order valence-corrected chi connectivity index (χ2v) is 18.1. The van der Waals surface area contributed by atoms with E-state index < -0.39 is 6.75 Å². The summed E-state index contributed by atoms with van der Waals surface area (Å²) in [5, 5.41) is 19.7. The van der Waals surface area contributed by atoms with Crippen molar-refractivity contribution < 1.29 is 0 Å². The summed E-state index contributed by atoms with van der Waals surface area (Å²) in [7, 11) is 0. The first-order valence-corrected chi connectivity index (χ1v) is 12.7. The second-order valence-electron chi connectivity index (χ2n) is 10.8. The fourth-order valence-electron chi connectivity index (χ4n) is 6.44. The van der Waals surface area contributed by atoms with Crippen LogP contribution < -0.4 is 0 Å². The summed E-state index contributed by atoms with van der Waals surface area (Å²) >= 11 is 0. The van der Waals surface area contributed by atoms with Crippen molar-refractivity contribution in [3.8, 4) is 12.4 Å². The number of unbranched alkanes of at least 4 members (excludes halogenated alkanes) is 5. The van der Waals surface area contributed by atoms with Crippen LogP contribution in [-0.2, 0) is 0 Å². The minimum atomic E-state index is -3.05. The SMILES string of the molecule is CCCCCCCCP(N(C#N)C#N)(C(C)(C)C)(C(C)(C)C)C(C)(C)C. The molecule has 152 valence electrons. The minimum absolute atomic E-state index is 0.142. The van der Waals surface area contributed by atoms with Gasteiger partial charge in [0.1, 0.15) is 0 Å². The predicted molar refractivity (Wildman–Crippen MR) is 117 cm³/mol. The van der Waals surface area contributed by atoms with E-state index in [9.17, 15) is 10.5 Å². The topological polar surface area (TPSA) is 50.8 Å². The summed E-state index contributed by atoms with van der Waals surface area (Å²) in [5.74, 6) is 0. The molecule has 0 bridgehead atoms. The van der Waals surface area contributed by atoms with Gasteiger partial charge in [-0.1, -0.05) is 0 Å². The maximum atomic E-state index is 10.1. The van der Waals surface area contributed by atoms with Crippen molar-refractivity contribution in [3.63, 3.8) is 0 Å². The summed E-state index contributed by atoms with van der Waals surface area (Å²) in [6.45, 7) is 19.6. The Kier molecular flexibility index (Phi) is 8.23. The molecule has 0 radical (unpaired) electrons. The van der Waals surface area contributed by atoms with Crippen molar-refractivity contribution in [1.82, 2.24) is 4.67 Å². The van der Waals surface area contributed by atoms with Gasteiger partial charge in [-0.05, 0) is 0 Å². The third-order valence-electron chi connectivity index (χ3n) is 6.91. The van der Waals surface area contributed by atoms with Crippen LogP contribution in [-0.4, -0.2) is 26.3 Å². The summed E-state index contributed by atoms with van der Waals surface area (Å²) in [6.07, 6.45) is 13.0. The van der Waals surface area contributed by atoms with E-state index in [1.807, 2.05) is 0 Å². The molecule has 0 aromatic carbocycles. The van der Waals surface area contributed by atoms with Crippen molar-refractivity contribution in [1.29, 1.82) is 10.5 Å². The summed E-state index contributed by atoms with van der Waals surface area (Å²) in [6, 6.07) is 0. The normalized spacial score (nSPS) is 14.8. The molecule has 0 heterocycles. The van der Waals surface area contributed by atoms with Crippen molar-refractivity contribution in [3.05, 3.63) is 0 Å². The Hall–Kier alpha value is -0.790. The molecule has 0 N–H and O–H groups in total. The van der Waals surface area contributed by atoms with Gasteiger partial charge in [-0.15, -0.1) is 0 Å². The average Bonchev–Trinajstić information content (AvgIpc) is 2.45. The summed E-state index contributed by atoms with van der Waals surface area (Å²) in [5.41, 5.74) is 0. The zero-order chi connectivity index (χ0) is 20.9. The van der Waals surface area contributed by atoms with Gasteiger partial charge in [0.2, 0.25) is 0 Å². The van der Waals surface area contributed by atoms with E-state index in [-0.39, 0.29) is 15.5 Å². The first kappa shape index (κ1) is 25.2. The molecular formula is C22H44N3P. The third kappa shape index (κ3) is 3.50. The van der Waals surface area contributed by atoms with E-state index in [1.165, 1.54) is 32.1 Å². The molecule has 0 aromatic rings. The summed E-state index contributed by atoms with van der Waals surface area (Å²) < 4.78 is 1.59. The van der Waals surface area contributed by atoms with Crippen LogP contribution in [0.4, 0.5) is 0 Å². The van der Waals surface area contributed by atoms with Crippen molar-refractivity contribution in [2.24, 2.45) is 0 Å². The van der Waals surface area contributed by atoms with Crippen LogP contribution in [0, 0.1) is 22.9 Å². The Balaban J connectivity index is 6.47. The van der Waals surface area contributed by atoms with Crippen LogP contribution in [0.15, 0.2) is 0 Å². The van der Waals surface area contributed by atoms with Crippen LogP contribution in [0.1, 0.15) is 108 Å². The monoisotopic (exact) mass is 381 g/mol. The number of hydrogen-bond donors (Lipinski definition) is 0. The quantitative estimate of drug-likeness (QED) is 0.189. The van der Waals surface area contributed by atoms with Crippen LogP contribution in [0.5, 0.6) is 0 Å². The molecular weight excluding hydrogens is 337 g/mol. The molecule has 26 heavy (non-hydrogen) atoms. The van der Waals surface area contributed by atoms with Gasteiger partial charge in [0.15, 0.2) is 0 Å². The molecule has 0 aromatic heterocycles. The number of nitriles is 2. The molecule has 4 heteroatoms. The van der Waals surface area contributed by atoms with E-state index in [0.717, 1.165) is 12.6 Å². The van der Waals surface area contributed by atoms with Gasteiger partial charge in [0.25, 0.3) is 0 Å². The molecule has 3 nitrogen and oxygen atoms in total. The molecule has 0 saturated carbocycles. The van der Waals surface area contributed by atoms with Crippen LogP contribution in [0.3, 0.4) is 0 Å². The molecule has 0 amide bonds. The Labute approximate surface area is 164 Å². The Morgan fingerprint density at radius 2 is 1.00 bits per heavy atom. The van der Waals surface area contributed by atoms with E-state index in [2.05, 4.69) is 81.6 Å². The Bertz CT molecular complexity index is 479. The van der Waals surface area contributed by atoms with E-state index >= 15 is 0 Å². The molecule has 0 fully saturated rings. The van der Waals surface area contributed by atoms with Crippen molar-refractivity contribution in [2.45, 2.75) is 123 Å². The van der Waals surface area contributed by atoms with Gasteiger partial charge in [0.05, 0.1) is 0 Å². The number of nitrogens with zero attached hydrogens (tertiary/aromatic N) is 3. The molecule has 0 aliphatic heterocycles. The van der Waals surface area contributed by atoms with Crippen LogP contribution >= 0.6 is 6.75 Å². The molecule has 0 aliphatic carbocycles. The van der Waals surface area contributed by atoms with Gasteiger partial charge in [-0.3, -0.25) is 0 Å². The van der Waals surface area contributed by atoms with E-state index in [4.69, 9.17) is 0 Å². The fraction of sp³-hybridized carbons (Fsp3) is 0.909. The van der Waals surface area contributed by atoms with Gasteiger partial charge in [0, 0.05) is 0 Å².